The molecule has 1 aromatic carbocycles. The Morgan fingerprint density at radius 2 is 1.88 bits per heavy atom. The summed E-state index contributed by atoms with van der Waals surface area (Å²) < 4.78 is 0. The molecule has 0 bridgehead atoms. The summed E-state index contributed by atoms with van der Waals surface area (Å²) in [5.41, 5.74) is 6.77. The fourth-order valence-corrected chi connectivity index (χ4v) is 2.12. The Bertz CT molecular complexity index is 369. The first-order valence-corrected chi connectivity index (χ1v) is 6.12. The van der Waals surface area contributed by atoms with Crippen LogP contribution in [0.5, 0.6) is 0 Å². The van der Waals surface area contributed by atoms with E-state index in [0.29, 0.717) is 5.56 Å². The van der Waals surface area contributed by atoms with Crippen LogP contribution < -0.4 is 11.1 Å². The molecule has 3 N–H and O–H groups in total. The van der Waals surface area contributed by atoms with E-state index in [1.165, 1.54) is 25.9 Å². The van der Waals surface area contributed by atoms with Gasteiger partial charge in [0.1, 0.15) is 0 Å². The van der Waals surface area contributed by atoms with E-state index in [4.69, 9.17) is 5.73 Å². The Morgan fingerprint density at radius 3 is 2.47 bits per heavy atom. The van der Waals surface area contributed by atoms with Gasteiger partial charge in [-0.15, -0.1) is 0 Å². The highest BCUT2D eigenvalue weighted by Crippen LogP contribution is 2.10. The molecule has 92 valence electrons. The zero-order valence-electron chi connectivity index (χ0n) is 9.98. The number of anilines is 1. The summed E-state index contributed by atoms with van der Waals surface area (Å²) in [5, 5.41) is 3.34. The number of rotatable bonds is 5. The molecule has 1 aliphatic heterocycles. The number of nitrogens with zero attached hydrogens (tertiary/aromatic N) is 1. The predicted molar refractivity (Wildman–Crippen MR) is 69.1 cm³/mol. The summed E-state index contributed by atoms with van der Waals surface area (Å²) in [5.74, 6) is -0.381. The fourth-order valence-electron chi connectivity index (χ4n) is 2.12. The number of carbonyl (C=O) groups is 1. The van der Waals surface area contributed by atoms with Crippen molar-refractivity contribution in [2.75, 3.05) is 31.5 Å². The van der Waals surface area contributed by atoms with Crippen molar-refractivity contribution < 1.29 is 4.79 Å². The molecule has 0 radical (unpaired) electrons. The molecule has 0 spiro atoms. The minimum absolute atomic E-state index is 0.381. The lowest BCUT2D eigenvalue weighted by Gasteiger charge is -2.15. The number of likely N-dealkylation sites (tertiary alicyclic amines) is 1. The van der Waals surface area contributed by atoms with Gasteiger partial charge >= 0.3 is 0 Å². The van der Waals surface area contributed by atoms with Gasteiger partial charge in [0, 0.05) is 24.3 Å². The molecule has 1 aromatic rings. The minimum atomic E-state index is -0.381. The van der Waals surface area contributed by atoms with Gasteiger partial charge in [0.25, 0.3) is 0 Å². The van der Waals surface area contributed by atoms with Crippen LogP contribution in [-0.4, -0.2) is 37.0 Å². The van der Waals surface area contributed by atoms with Gasteiger partial charge in [-0.25, -0.2) is 0 Å². The highest BCUT2D eigenvalue weighted by Gasteiger charge is 2.10. The maximum absolute atomic E-state index is 10.9. The molecule has 1 aliphatic rings. The third-order valence-corrected chi connectivity index (χ3v) is 3.13. The summed E-state index contributed by atoms with van der Waals surface area (Å²) >= 11 is 0. The summed E-state index contributed by atoms with van der Waals surface area (Å²) in [6.07, 6.45) is 2.65. The molecule has 2 rings (SSSR count). The third kappa shape index (κ3) is 3.46. The van der Waals surface area contributed by atoms with Crippen LogP contribution >= 0.6 is 0 Å². The van der Waals surface area contributed by atoms with Crippen molar-refractivity contribution in [3.63, 3.8) is 0 Å². The lowest BCUT2D eigenvalue weighted by Crippen LogP contribution is -2.25. The number of primary amides is 1. The van der Waals surface area contributed by atoms with E-state index >= 15 is 0 Å². The third-order valence-electron chi connectivity index (χ3n) is 3.13. The van der Waals surface area contributed by atoms with Crippen molar-refractivity contribution in [1.82, 2.24) is 4.90 Å². The van der Waals surface area contributed by atoms with Crippen LogP contribution in [0.15, 0.2) is 24.3 Å². The lowest BCUT2D eigenvalue weighted by molar-refractivity contribution is 0.100. The normalized spacial score (nSPS) is 16.0. The average Bonchev–Trinajstić information content (AvgIpc) is 2.83. The van der Waals surface area contributed by atoms with E-state index in [0.717, 1.165) is 18.8 Å². The monoisotopic (exact) mass is 233 g/mol. The van der Waals surface area contributed by atoms with E-state index < -0.39 is 0 Å². The Morgan fingerprint density at radius 1 is 1.24 bits per heavy atom. The number of amides is 1. The SMILES string of the molecule is NC(=O)c1ccc(NCCN2CCCC2)cc1. The highest BCUT2D eigenvalue weighted by atomic mass is 16.1. The van der Waals surface area contributed by atoms with Crippen LogP contribution in [0, 0.1) is 0 Å². The Kier molecular flexibility index (Phi) is 3.98. The number of carbonyl (C=O) groups excluding carboxylic acids is 1. The maximum atomic E-state index is 10.9. The standard InChI is InChI=1S/C13H19N3O/c14-13(17)11-3-5-12(6-4-11)15-7-10-16-8-1-2-9-16/h3-6,15H,1-2,7-10H2,(H2,14,17). The number of hydrogen-bond acceptors (Lipinski definition) is 3. The second-order valence-corrected chi connectivity index (χ2v) is 4.42. The fraction of sp³-hybridized carbons (Fsp3) is 0.462. The van der Waals surface area contributed by atoms with E-state index in [-0.39, 0.29) is 5.91 Å². The topological polar surface area (TPSA) is 58.4 Å². The maximum Gasteiger partial charge on any atom is 0.248 e. The van der Waals surface area contributed by atoms with Gasteiger partial charge in [-0.2, -0.15) is 0 Å². The molecule has 17 heavy (non-hydrogen) atoms. The Labute approximate surface area is 102 Å². The first-order chi connectivity index (χ1) is 8.25. The second-order valence-electron chi connectivity index (χ2n) is 4.42. The molecule has 4 nitrogen and oxygen atoms in total. The van der Waals surface area contributed by atoms with E-state index in [2.05, 4.69) is 10.2 Å². The molecule has 1 fully saturated rings. The first-order valence-electron chi connectivity index (χ1n) is 6.12. The number of nitrogens with one attached hydrogen (secondary N) is 1. The second kappa shape index (κ2) is 5.68. The average molecular weight is 233 g/mol. The van der Waals surface area contributed by atoms with Crippen LogP contribution in [-0.2, 0) is 0 Å². The van der Waals surface area contributed by atoms with Crippen LogP contribution in [0.1, 0.15) is 23.2 Å². The molecular weight excluding hydrogens is 214 g/mol. The number of hydrogen-bond donors (Lipinski definition) is 2. The smallest absolute Gasteiger partial charge is 0.248 e. The molecule has 0 aliphatic carbocycles. The van der Waals surface area contributed by atoms with Gasteiger partial charge in [-0.3, -0.25) is 4.79 Å². The molecule has 1 saturated heterocycles. The zero-order chi connectivity index (χ0) is 12.1. The Balaban J connectivity index is 1.76. The number of benzene rings is 1. The lowest BCUT2D eigenvalue weighted by atomic mass is 10.2. The van der Waals surface area contributed by atoms with Crippen LogP contribution in [0.3, 0.4) is 0 Å². The summed E-state index contributed by atoms with van der Waals surface area (Å²) in [7, 11) is 0. The summed E-state index contributed by atoms with van der Waals surface area (Å²) in [4.78, 5) is 13.4. The van der Waals surface area contributed by atoms with Gasteiger partial charge in [0.15, 0.2) is 0 Å². The summed E-state index contributed by atoms with van der Waals surface area (Å²) in [6.45, 7) is 4.47. The van der Waals surface area contributed by atoms with E-state index in [9.17, 15) is 4.79 Å². The van der Waals surface area contributed by atoms with Crippen molar-refractivity contribution in [3.05, 3.63) is 29.8 Å². The molecule has 0 unspecified atom stereocenters. The van der Waals surface area contributed by atoms with Crippen molar-refractivity contribution in [3.8, 4) is 0 Å². The largest absolute Gasteiger partial charge is 0.384 e. The first kappa shape index (κ1) is 11.9. The molecule has 1 amide bonds. The number of nitrogens with two attached hydrogens (primary N) is 1. The molecular formula is C13H19N3O. The molecule has 0 atom stereocenters. The predicted octanol–water partition coefficient (Wildman–Crippen LogP) is 1.29. The minimum Gasteiger partial charge on any atom is -0.384 e. The molecule has 0 aromatic heterocycles. The molecule has 4 heteroatoms. The zero-order valence-corrected chi connectivity index (χ0v) is 9.98. The quantitative estimate of drug-likeness (QED) is 0.805. The van der Waals surface area contributed by atoms with Gasteiger partial charge in [-0.05, 0) is 50.2 Å². The van der Waals surface area contributed by atoms with Crippen molar-refractivity contribution in [2.24, 2.45) is 5.73 Å². The molecule has 1 heterocycles. The summed E-state index contributed by atoms with van der Waals surface area (Å²) in [6, 6.07) is 7.29. The van der Waals surface area contributed by atoms with Crippen molar-refractivity contribution >= 4 is 11.6 Å². The van der Waals surface area contributed by atoms with Gasteiger partial charge in [0.2, 0.25) is 5.91 Å². The van der Waals surface area contributed by atoms with Gasteiger partial charge < -0.3 is 16.0 Å². The van der Waals surface area contributed by atoms with Crippen LogP contribution in [0.4, 0.5) is 5.69 Å². The molecule has 0 saturated carbocycles. The highest BCUT2D eigenvalue weighted by molar-refractivity contribution is 5.93. The van der Waals surface area contributed by atoms with Gasteiger partial charge in [-0.1, -0.05) is 0 Å². The van der Waals surface area contributed by atoms with E-state index in [1.54, 1.807) is 12.1 Å². The van der Waals surface area contributed by atoms with E-state index in [1.807, 2.05) is 12.1 Å². The van der Waals surface area contributed by atoms with Gasteiger partial charge in [0.05, 0.1) is 0 Å². The van der Waals surface area contributed by atoms with Crippen LogP contribution in [0.2, 0.25) is 0 Å². The van der Waals surface area contributed by atoms with Crippen molar-refractivity contribution in [2.45, 2.75) is 12.8 Å². The van der Waals surface area contributed by atoms with Crippen LogP contribution in [0.25, 0.3) is 0 Å². The van der Waals surface area contributed by atoms with Crippen molar-refractivity contribution in [1.29, 1.82) is 0 Å². The Hall–Kier alpha value is -1.55.